The molecule has 13 heteroatoms. The first kappa shape index (κ1) is 24.6. The number of hydrogen-bond donors (Lipinski definition) is 2. The molecule has 170 valence electrons. The predicted octanol–water partition coefficient (Wildman–Crippen LogP) is 4.00. The highest BCUT2D eigenvalue weighted by Crippen LogP contribution is 2.45. The maximum absolute atomic E-state index is 12.7. The minimum Gasteiger partial charge on any atom is -0.462 e. The van der Waals surface area contributed by atoms with Gasteiger partial charge < -0.3 is 9.84 Å². The number of aliphatic hydroxyl groups is 1. The summed E-state index contributed by atoms with van der Waals surface area (Å²) in [6, 6.07) is 10.5. The van der Waals surface area contributed by atoms with Crippen molar-refractivity contribution in [3.05, 3.63) is 54.1 Å². The third-order valence-corrected chi connectivity index (χ3v) is 5.01. The number of esters is 1. The van der Waals surface area contributed by atoms with Crippen molar-refractivity contribution in [2.45, 2.75) is 29.3 Å². The average molecular weight is 472 g/mol. The summed E-state index contributed by atoms with van der Waals surface area (Å²) in [5, 5.41) is 9.06. The van der Waals surface area contributed by atoms with Crippen molar-refractivity contribution >= 4 is 16.1 Å². The van der Waals surface area contributed by atoms with Gasteiger partial charge in [0.05, 0.1) is 17.1 Å². The van der Waals surface area contributed by atoms with Crippen LogP contribution in [0, 0.1) is 0 Å². The zero-order valence-corrected chi connectivity index (χ0v) is 16.1. The lowest BCUT2D eigenvalue weighted by atomic mass is 9.99. The molecule has 2 rings (SSSR count). The zero-order valence-electron chi connectivity index (χ0n) is 15.2. The number of rotatable bonds is 6. The quantitative estimate of drug-likeness (QED) is 0.375. The van der Waals surface area contributed by atoms with Gasteiger partial charge in [-0.25, -0.2) is 4.79 Å². The van der Waals surface area contributed by atoms with Crippen molar-refractivity contribution in [2.75, 3.05) is 6.61 Å². The first-order chi connectivity index (χ1) is 14.1. The molecule has 0 aliphatic rings. The van der Waals surface area contributed by atoms with Crippen LogP contribution >= 0.6 is 0 Å². The molecule has 0 aliphatic heterocycles. The maximum Gasteiger partial charge on any atom is 0.426 e. The molecule has 6 nitrogen and oxygen atoms in total. The number of benzene rings is 2. The van der Waals surface area contributed by atoms with E-state index in [0.717, 1.165) is 12.1 Å². The Morgan fingerprint density at radius 3 is 1.94 bits per heavy atom. The lowest BCUT2D eigenvalue weighted by Crippen LogP contribution is -2.57. The monoisotopic (exact) mass is 472 g/mol. The topological polar surface area (TPSA) is 101 Å². The molecule has 0 bridgehead atoms. The van der Waals surface area contributed by atoms with Gasteiger partial charge in [0.1, 0.15) is 0 Å². The fourth-order valence-corrected chi connectivity index (χ4v) is 3.03. The molecule has 2 aromatic carbocycles. The number of hydrogen-bond acceptors (Lipinski definition) is 5. The van der Waals surface area contributed by atoms with Crippen molar-refractivity contribution in [3.63, 3.8) is 0 Å². The Morgan fingerprint density at radius 1 is 0.903 bits per heavy atom. The van der Waals surface area contributed by atoms with E-state index in [1.165, 1.54) is 12.1 Å². The highest BCUT2D eigenvalue weighted by molar-refractivity contribution is 7.85. The van der Waals surface area contributed by atoms with E-state index >= 15 is 0 Å². The van der Waals surface area contributed by atoms with Crippen molar-refractivity contribution in [3.8, 4) is 11.1 Å². The molecule has 0 saturated carbocycles. The summed E-state index contributed by atoms with van der Waals surface area (Å²) in [4.78, 5) is 11.4. The molecule has 0 amide bonds. The molecular weight excluding hydrogens is 458 g/mol. The van der Waals surface area contributed by atoms with Gasteiger partial charge in [0.2, 0.25) is 0 Å². The van der Waals surface area contributed by atoms with Crippen LogP contribution in [0.4, 0.5) is 26.3 Å². The second-order valence-electron chi connectivity index (χ2n) is 6.33. The Labute approximate surface area is 171 Å². The van der Waals surface area contributed by atoms with Gasteiger partial charge in [0.25, 0.3) is 15.7 Å². The third kappa shape index (κ3) is 5.54. The smallest absolute Gasteiger partial charge is 0.426 e. The van der Waals surface area contributed by atoms with Crippen LogP contribution in [0.1, 0.15) is 16.8 Å². The highest BCUT2D eigenvalue weighted by atomic mass is 32.2. The molecular formula is C18H14F6O6S. The molecule has 31 heavy (non-hydrogen) atoms. The Morgan fingerprint density at radius 2 is 1.45 bits per heavy atom. The zero-order chi connectivity index (χ0) is 23.7. The first-order valence-corrected chi connectivity index (χ1v) is 9.71. The van der Waals surface area contributed by atoms with E-state index < -0.39 is 57.5 Å². The third-order valence-electron chi connectivity index (χ3n) is 4.18. The van der Waals surface area contributed by atoms with E-state index in [1.807, 2.05) is 0 Å². The number of halogens is 6. The number of ether oxygens (including phenoxy) is 1. The van der Waals surface area contributed by atoms with Crippen LogP contribution < -0.4 is 0 Å². The van der Waals surface area contributed by atoms with Crippen LogP contribution in [-0.2, 0) is 14.9 Å². The minimum atomic E-state index is -6.08. The summed E-state index contributed by atoms with van der Waals surface area (Å²) in [6.45, 7) is -1.48. The molecule has 0 heterocycles. The average Bonchev–Trinajstić information content (AvgIpc) is 2.65. The van der Waals surface area contributed by atoms with Crippen LogP contribution in [0.15, 0.2) is 53.4 Å². The standard InChI is InChI=1S/C18H14F6O6S/c19-17(20,21)16(26,18(22,23)24)6-7-30-15(25)13-8-12(11-4-2-1-3-5-11)9-14(10-13)31(27,28)29/h1-5,8-10,26H,6-7H2,(H,27,28,29). The second-order valence-corrected chi connectivity index (χ2v) is 7.75. The second kappa shape index (κ2) is 8.48. The van der Waals surface area contributed by atoms with Crippen molar-refractivity contribution in [1.82, 2.24) is 0 Å². The number of carbonyl (C=O) groups is 1. The van der Waals surface area contributed by atoms with Gasteiger partial charge >= 0.3 is 18.3 Å². The summed E-state index contributed by atoms with van der Waals surface area (Å²) in [5.74, 6) is -1.46. The summed E-state index contributed by atoms with van der Waals surface area (Å²) >= 11 is 0. The van der Waals surface area contributed by atoms with E-state index in [1.54, 1.807) is 18.2 Å². The van der Waals surface area contributed by atoms with Gasteiger partial charge in [0, 0.05) is 6.42 Å². The largest absolute Gasteiger partial charge is 0.462 e. The molecule has 0 aromatic heterocycles. The minimum absolute atomic E-state index is 0.102. The fourth-order valence-electron chi connectivity index (χ4n) is 2.48. The van der Waals surface area contributed by atoms with Crippen molar-refractivity contribution in [2.24, 2.45) is 0 Å². The van der Waals surface area contributed by atoms with Gasteiger partial charge in [-0.3, -0.25) is 4.55 Å². The normalized spacial score (nSPS) is 13.2. The van der Waals surface area contributed by atoms with Crippen molar-refractivity contribution < 1.29 is 54.0 Å². The molecule has 0 radical (unpaired) electrons. The Bertz CT molecular complexity index is 1030. The predicted molar refractivity (Wildman–Crippen MR) is 93.7 cm³/mol. The lowest BCUT2D eigenvalue weighted by molar-refractivity contribution is -0.371. The Hall–Kier alpha value is -2.64. The van der Waals surface area contributed by atoms with Crippen LogP contribution in [0.25, 0.3) is 11.1 Å². The van der Waals surface area contributed by atoms with Crippen molar-refractivity contribution in [1.29, 1.82) is 0 Å². The summed E-state index contributed by atoms with van der Waals surface area (Å²) in [7, 11) is -4.82. The van der Waals surface area contributed by atoms with E-state index in [-0.39, 0.29) is 5.56 Å². The van der Waals surface area contributed by atoms with Crippen LogP contribution in [0.2, 0.25) is 0 Å². The fraction of sp³-hybridized carbons (Fsp3) is 0.278. The van der Waals surface area contributed by atoms with Gasteiger partial charge in [-0.15, -0.1) is 0 Å². The Kier molecular flexibility index (Phi) is 6.73. The molecule has 0 saturated heterocycles. The lowest BCUT2D eigenvalue weighted by Gasteiger charge is -2.32. The van der Waals surface area contributed by atoms with Gasteiger partial charge in [-0.2, -0.15) is 34.8 Å². The van der Waals surface area contributed by atoms with Gasteiger partial charge in [0.15, 0.2) is 0 Å². The molecule has 2 N–H and O–H groups in total. The molecule has 0 unspecified atom stereocenters. The van der Waals surface area contributed by atoms with Crippen LogP contribution in [0.5, 0.6) is 0 Å². The summed E-state index contributed by atoms with van der Waals surface area (Å²) < 4.78 is 113. The molecule has 2 aromatic rings. The van der Waals surface area contributed by atoms with E-state index in [4.69, 9.17) is 5.11 Å². The summed E-state index contributed by atoms with van der Waals surface area (Å²) in [6.07, 6.45) is -14.2. The number of alkyl halides is 6. The Balaban J connectivity index is 2.31. The molecule has 0 fully saturated rings. The first-order valence-electron chi connectivity index (χ1n) is 8.27. The van der Waals surface area contributed by atoms with E-state index in [0.29, 0.717) is 11.6 Å². The highest BCUT2D eigenvalue weighted by Gasteiger charge is 2.70. The number of carbonyl (C=O) groups excluding carboxylic acids is 1. The molecule has 0 spiro atoms. The van der Waals surface area contributed by atoms with E-state index in [2.05, 4.69) is 4.74 Å². The molecule has 0 atom stereocenters. The van der Waals surface area contributed by atoms with E-state index in [9.17, 15) is 44.1 Å². The maximum atomic E-state index is 12.7. The van der Waals surface area contributed by atoms with Gasteiger partial charge in [-0.1, -0.05) is 30.3 Å². The van der Waals surface area contributed by atoms with Crippen LogP contribution in [0.3, 0.4) is 0 Å². The van der Waals surface area contributed by atoms with Gasteiger partial charge in [-0.05, 0) is 29.3 Å². The molecule has 0 aliphatic carbocycles. The van der Waals surface area contributed by atoms with Crippen LogP contribution in [-0.4, -0.2) is 48.6 Å². The SMILES string of the molecule is O=C(OCCC(O)(C(F)(F)F)C(F)(F)F)c1cc(-c2ccccc2)cc(S(=O)(=O)O)c1. The summed E-state index contributed by atoms with van der Waals surface area (Å²) in [5.41, 5.74) is -5.17.